The van der Waals surface area contributed by atoms with E-state index in [1.807, 2.05) is 35.9 Å². The van der Waals surface area contributed by atoms with Crippen molar-refractivity contribution in [1.29, 1.82) is 0 Å². The van der Waals surface area contributed by atoms with Gasteiger partial charge >= 0.3 is 0 Å². The molecule has 1 aliphatic rings. The summed E-state index contributed by atoms with van der Waals surface area (Å²) < 4.78 is 0. The first-order chi connectivity index (χ1) is 7.90. The molecule has 2 unspecified atom stereocenters. The Hall–Kier alpha value is -0.230. The minimum atomic E-state index is 0.361. The molecule has 1 aliphatic heterocycles. The van der Waals surface area contributed by atoms with E-state index < -0.39 is 0 Å². The molecule has 2 atom stereocenters. The number of hydrazine groups is 1. The molecule has 3 N–H and O–H groups in total. The Labute approximate surface area is 105 Å². The predicted molar refractivity (Wildman–Crippen MR) is 72.6 cm³/mol. The van der Waals surface area contributed by atoms with Gasteiger partial charge in [0.1, 0.15) is 0 Å². The average molecular weight is 255 g/mol. The van der Waals surface area contributed by atoms with Gasteiger partial charge in [-0.05, 0) is 24.1 Å². The van der Waals surface area contributed by atoms with Crippen molar-refractivity contribution in [2.75, 3.05) is 17.3 Å². The van der Waals surface area contributed by atoms with Crippen LogP contribution in [0.4, 0.5) is 0 Å². The first kappa shape index (κ1) is 12.2. The van der Waals surface area contributed by atoms with Crippen LogP contribution in [0.25, 0.3) is 0 Å². The molecular weight excluding hydrogens is 238 g/mol. The molecule has 0 bridgehead atoms. The van der Waals surface area contributed by atoms with E-state index in [0.717, 1.165) is 6.42 Å². The lowest BCUT2D eigenvalue weighted by atomic mass is 10.1. The van der Waals surface area contributed by atoms with Crippen molar-refractivity contribution in [2.24, 2.45) is 5.84 Å². The maximum atomic E-state index is 5.66. The predicted octanol–water partition coefficient (Wildman–Crippen LogP) is 1.30. The van der Waals surface area contributed by atoms with Gasteiger partial charge in [-0.1, -0.05) is 0 Å². The number of rotatable bonds is 4. The van der Waals surface area contributed by atoms with Crippen LogP contribution in [0.15, 0.2) is 24.5 Å². The highest BCUT2D eigenvalue weighted by atomic mass is 32.2. The third kappa shape index (κ3) is 3.38. The topological polar surface area (TPSA) is 50.9 Å². The van der Waals surface area contributed by atoms with E-state index in [1.54, 1.807) is 0 Å². The highest BCUT2D eigenvalue weighted by Gasteiger charge is 2.23. The van der Waals surface area contributed by atoms with Crippen molar-refractivity contribution in [3.63, 3.8) is 0 Å². The summed E-state index contributed by atoms with van der Waals surface area (Å²) in [4.78, 5) is 4.03. The number of hydrogen-bond acceptors (Lipinski definition) is 5. The Bertz CT molecular complexity index is 301. The van der Waals surface area contributed by atoms with Crippen molar-refractivity contribution in [1.82, 2.24) is 10.4 Å². The molecule has 0 saturated carbocycles. The molecule has 1 aromatic rings. The lowest BCUT2D eigenvalue weighted by Crippen LogP contribution is -2.46. The summed E-state index contributed by atoms with van der Waals surface area (Å²) in [5.41, 5.74) is 4.27. The summed E-state index contributed by atoms with van der Waals surface area (Å²) in [6, 6.07) is 4.48. The standard InChI is InChI=1S/C11H17N3S2/c12-14-10(11-8-15-5-6-16-11)7-9-1-3-13-4-2-9/h1-4,10-11,14H,5-8,12H2. The maximum absolute atomic E-state index is 5.66. The maximum Gasteiger partial charge on any atom is 0.0377 e. The van der Waals surface area contributed by atoms with Crippen LogP contribution >= 0.6 is 23.5 Å². The monoisotopic (exact) mass is 255 g/mol. The molecule has 5 heteroatoms. The molecule has 1 aromatic heterocycles. The Morgan fingerprint density at radius 3 is 2.88 bits per heavy atom. The van der Waals surface area contributed by atoms with Crippen molar-refractivity contribution in [3.05, 3.63) is 30.1 Å². The Kier molecular flexibility index (Phi) is 4.96. The van der Waals surface area contributed by atoms with E-state index in [4.69, 9.17) is 5.84 Å². The van der Waals surface area contributed by atoms with Crippen LogP contribution in [0.1, 0.15) is 5.56 Å². The van der Waals surface area contributed by atoms with E-state index >= 15 is 0 Å². The molecule has 0 aliphatic carbocycles. The molecule has 2 rings (SSSR count). The molecule has 2 heterocycles. The Morgan fingerprint density at radius 1 is 1.44 bits per heavy atom. The van der Waals surface area contributed by atoms with E-state index in [1.165, 1.54) is 22.8 Å². The molecule has 1 saturated heterocycles. The van der Waals surface area contributed by atoms with Crippen LogP contribution in [0.2, 0.25) is 0 Å². The first-order valence-corrected chi connectivity index (χ1v) is 7.65. The molecule has 0 aromatic carbocycles. The van der Waals surface area contributed by atoms with Crippen molar-refractivity contribution >= 4 is 23.5 Å². The highest BCUT2D eigenvalue weighted by Crippen LogP contribution is 2.27. The first-order valence-electron chi connectivity index (χ1n) is 5.44. The van der Waals surface area contributed by atoms with Crippen molar-refractivity contribution in [3.8, 4) is 0 Å². The lowest BCUT2D eigenvalue weighted by molar-refractivity contribution is 0.523. The molecule has 16 heavy (non-hydrogen) atoms. The zero-order valence-electron chi connectivity index (χ0n) is 9.13. The molecule has 0 amide bonds. The fourth-order valence-electron chi connectivity index (χ4n) is 1.81. The van der Waals surface area contributed by atoms with Crippen LogP contribution in [0.3, 0.4) is 0 Å². The fraction of sp³-hybridized carbons (Fsp3) is 0.545. The summed E-state index contributed by atoms with van der Waals surface area (Å²) in [6.45, 7) is 0. The van der Waals surface area contributed by atoms with Gasteiger partial charge in [0.15, 0.2) is 0 Å². The number of nitrogens with one attached hydrogen (secondary N) is 1. The summed E-state index contributed by atoms with van der Waals surface area (Å²) >= 11 is 4.06. The average Bonchev–Trinajstić information content (AvgIpc) is 2.38. The largest absolute Gasteiger partial charge is 0.271 e. The molecule has 3 nitrogen and oxygen atoms in total. The minimum Gasteiger partial charge on any atom is -0.271 e. The smallest absolute Gasteiger partial charge is 0.0377 e. The Morgan fingerprint density at radius 2 is 2.25 bits per heavy atom. The van der Waals surface area contributed by atoms with Gasteiger partial charge in [0.2, 0.25) is 0 Å². The number of nitrogens with two attached hydrogens (primary N) is 1. The SMILES string of the molecule is NNC(Cc1ccncc1)C1CSCCS1. The normalized spacial score (nSPS) is 22.9. The third-order valence-electron chi connectivity index (χ3n) is 2.71. The minimum absolute atomic E-state index is 0.361. The second-order valence-corrected chi connectivity index (χ2v) is 6.31. The van der Waals surface area contributed by atoms with E-state index in [9.17, 15) is 0 Å². The van der Waals surface area contributed by atoms with E-state index in [0.29, 0.717) is 11.3 Å². The molecule has 1 fully saturated rings. The van der Waals surface area contributed by atoms with E-state index in [2.05, 4.69) is 22.5 Å². The Balaban J connectivity index is 1.94. The van der Waals surface area contributed by atoms with Gasteiger partial charge in [-0.3, -0.25) is 16.3 Å². The second-order valence-electron chi connectivity index (χ2n) is 3.82. The van der Waals surface area contributed by atoms with Gasteiger partial charge in [-0.25, -0.2) is 0 Å². The number of thioether (sulfide) groups is 2. The summed E-state index contributed by atoms with van der Waals surface area (Å²) in [7, 11) is 0. The second kappa shape index (κ2) is 6.49. The van der Waals surface area contributed by atoms with Crippen LogP contribution in [-0.4, -0.2) is 33.5 Å². The van der Waals surface area contributed by atoms with Crippen LogP contribution in [0, 0.1) is 0 Å². The van der Waals surface area contributed by atoms with Gasteiger partial charge in [0.25, 0.3) is 0 Å². The number of nitrogens with zero attached hydrogens (tertiary/aromatic N) is 1. The van der Waals surface area contributed by atoms with Gasteiger partial charge < -0.3 is 0 Å². The molecule has 0 spiro atoms. The van der Waals surface area contributed by atoms with Gasteiger partial charge in [0.05, 0.1) is 0 Å². The van der Waals surface area contributed by atoms with Crippen molar-refractivity contribution < 1.29 is 0 Å². The lowest BCUT2D eigenvalue weighted by Gasteiger charge is -2.29. The zero-order chi connectivity index (χ0) is 11.2. The molecule has 88 valence electrons. The van der Waals surface area contributed by atoms with Crippen LogP contribution in [-0.2, 0) is 6.42 Å². The van der Waals surface area contributed by atoms with Gasteiger partial charge in [-0.2, -0.15) is 23.5 Å². The van der Waals surface area contributed by atoms with Crippen LogP contribution in [0.5, 0.6) is 0 Å². The third-order valence-corrected chi connectivity index (χ3v) is 5.63. The number of aromatic nitrogens is 1. The summed E-state index contributed by atoms with van der Waals surface area (Å²) in [6.07, 6.45) is 4.66. The summed E-state index contributed by atoms with van der Waals surface area (Å²) in [5, 5.41) is 0.622. The number of hydrogen-bond donors (Lipinski definition) is 2. The quantitative estimate of drug-likeness (QED) is 0.627. The fourth-order valence-corrected chi connectivity index (χ4v) is 4.68. The van der Waals surface area contributed by atoms with Gasteiger partial charge in [0, 0.05) is 40.9 Å². The van der Waals surface area contributed by atoms with Crippen LogP contribution < -0.4 is 11.3 Å². The molecule has 0 radical (unpaired) electrons. The molecular formula is C11H17N3S2. The van der Waals surface area contributed by atoms with Crippen molar-refractivity contribution in [2.45, 2.75) is 17.7 Å². The zero-order valence-corrected chi connectivity index (χ0v) is 10.8. The van der Waals surface area contributed by atoms with E-state index in [-0.39, 0.29) is 0 Å². The number of pyridine rings is 1. The highest BCUT2D eigenvalue weighted by molar-refractivity contribution is 8.06. The van der Waals surface area contributed by atoms with Gasteiger partial charge in [-0.15, -0.1) is 0 Å². The summed E-state index contributed by atoms with van der Waals surface area (Å²) in [5.74, 6) is 9.37.